The highest BCUT2D eigenvalue weighted by atomic mass is 16.3. The van der Waals surface area contributed by atoms with Crippen molar-refractivity contribution in [2.75, 3.05) is 6.61 Å². The third-order valence-electron chi connectivity index (χ3n) is 0.950. The third kappa shape index (κ3) is 1.81. The molecule has 0 fully saturated rings. The molecule has 0 aliphatic carbocycles. The lowest BCUT2D eigenvalue weighted by molar-refractivity contribution is 0.276. The van der Waals surface area contributed by atoms with Gasteiger partial charge in [0.25, 0.3) is 0 Å². The fourth-order valence-electron chi connectivity index (χ4n) is 0.535. The van der Waals surface area contributed by atoms with E-state index < -0.39 is 0 Å². The summed E-state index contributed by atoms with van der Waals surface area (Å²) in [6.45, 7) is 0.879. The molecular formula is C5H8N3O. The first-order valence-electron chi connectivity index (χ1n) is 2.80. The number of rotatable bonds is 3. The van der Waals surface area contributed by atoms with Crippen LogP contribution in [0.5, 0.6) is 0 Å². The molecule has 4 nitrogen and oxygen atoms in total. The molecule has 0 atom stereocenters. The van der Waals surface area contributed by atoms with Crippen molar-refractivity contribution in [1.29, 1.82) is 0 Å². The van der Waals surface area contributed by atoms with Crippen molar-refractivity contribution < 1.29 is 5.11 Å². The Bertz CT molecular complexity index is 149. The molecule has 0 aliphatic rings. The minimum Gasteiger partial charge on any atom is -0.396 e. The van der Waals surface area contributed by atoms with Crippen molar-refractivity contribution in [3.05, 3.63) is 12.7 Å². The van der Waals surface area contributed by atoms with Gasteiger partial charge in [-0.15, -0.1) is 0 Å². The van der Waals surface area contributed by atoms with Crippen LogP contribution in [-0.2, 0) is 6.54 Å². The van der Waals surface area contributed by atoms with E-state index in [-0.39, 0.29) is 6.61 Å². The van der Waals surface area contributed by atoms with Gasteiger partial charge in [0.15, 0.2) is 6.33 Å². The molecular weight excluding hydrogens is 118 g/mol. The van der Waals surface area contributed by atoms with Crippen molar-refractivity contribution in [2.24, 2.45) is 0 Å². The van der Waals surface area contributed by atoms with Crippen LogP contribution in [0.1, 0.15) is 6.42 Å². The minimum atomic E-state index is 0.188. The van der Waals surface area contributed by atoms with Crippen molar-refractivity contribution >= 4 is 0 Å². The van der Waals surface area contributed by atoms with Crippen LogP contribution in [0, 0.1) is 6.33 Å². The Kier molecular flexibility index (Phi) is 2.21. The summed E-state index contributed by atoms with van der Waals surface area (Å²) in [5.74, 6) is 0. The summed E-state index contributed by atoms with van der Waals surface area (Å²) in [5, 5.41) is 12.2. The Morgan fingerprint density at radius 2 is 2.56 bits per heavy atom. The summed E-state index contributed by atoms with van der Waals surface area (Å²) in [6.07, 6.45) is 4.75. The van der Waals surface area contributed by atoms with Gasteiger partial charge in [-0.2, -0.15) is 5.10 Å². The molecule has 9 heavy (non-hydrogen) atoms. The van der Waals surface area contributed by atoms with E-state index in [0.29, 0.717) is 13.0 Å². The van der Waals surface area contributed by atoms with Crippen LogP contribution < -0.4 is 0 Å². The zero-order valence-corrected chi connectivity index (χ0v) is 4.99. The molecule has 0 bridgehead atoms. The fraction of sp³-hybridized carbons (Fsp3) is 0.600. The summed E-state index contributed by atoms with van der Waals surface area (Å²) in [4.78, 5) is 3.62. The second-order valence-electron chi connectivity index (χ2n) is 1.66. The highest BCUT2D eigenvalue weighted by molar-refractivity contribution is 4.52. The van der Waals surface area contributed by atoms with Crippen LogP contribution in [0.25, 0.3) is 0 Å². The Morgan fingerprint density at radius 1 is 1.67 bits per heavy atom. The lowest BCUT2D eigenvalue weighted by Gasteiger charge is -1.93. The summed E-state index contributed by atoms with van der Waals surface area (Å²) in [6, 6.07) is 0. The number of aryl methyl sites for hydroxylation is 1. The Hall–Kier alpha value is -0.900. The van der Waals surface area contributed by atoms with E-state index in [1.165, 1.54) is 6.33 Å². The van der Waals surface area contributed by atoms with Crippen molar-refractivity contribution in [3.63, 3.8) is 0 Å². The Labute approximate surface area is 53.1 Å². The number of aliphatic hydroxyl groups is 1. The molecule has 1 aromatic heterocycles. The van der Waals surface area contributed by atoms with Crippen molar-refractivity contribution in [2.45, 2.75) is 13.0 Å². The standard InChI is InChI=1S/C5H8N3O/c9-3-1-2-8-5-6-4-7-8/h4,9H,1-3H2. The molecule has 0 spiro atoms. The maximum absolute atomic E-state index is 8.39. The fourth-order valence-corrected chi connectivity index (χ4v) is 0.535. The number of hydrogen-bond donors (Lipinski definition) is 1. The normalized spacial score (nSPS) is 9.89. The first kappa shape index (κ1) is 6.22. The number of hydrogen-bond acceptors (Lipinski definition) is 3. The lowest BCUT2D eigenvalue weighted by atomic mass is 10.5. The van der Waals surface area contributed by atoms with Gasteiger partial charge in [-0.25, -0.2) is 9.67 Å². The first-order valence-corrected chi connectivity index (χ1v) is 2.80. The highest BCUT2D eigenvalue weighted by Gasteiger charge is 1.88. The van der Waals surface area contributed by atoms with E-state index in [0.717, 1.165) is 0 Å². The highest BCUT2D eigenvalue weighted by Crippen LogP contribution is 1.82. The molecule has 0 amide bonds. The predicted octanol–water partition coefficient (Wildman–Crippen LogP) is -0.539. The van der Waals surface area contributed by atoms with Crippen LogP contribution in [0.2, 0.25) is 0 Å². The largest absolute Gasteiger partial charge is 0.396 e. The molecule has 0 unspecified atom stereocenters. The lowest BCUT2D eigenvalue weighted by Crippen LogP contribution is -2.00. The van der Waals surface area contributed by atoms with Gasteiger partial charge in [0.1, 0.15) is 6.33 Å². The van der Waals surface area contributed by atoms with E-state index in [4.69, 9.17) is 5.11 Å². The van der Waals surface area contributed by atoms with Crippen molar-refractivity contribution in [1.82, 2.24) is 14.8 Å². The molecule has 1 aromatic rings. The second-order valence-corrected chi connectivity index (χ2v) is 1.66. The van der Waals surface area contributed by atoms with Gasteiger partial charge in [0.2, 0.25) is 0 Å². The van der Waals surface area contributed by atoms with E-state index in [1.54, 1.807) is 4.68 Å². The van der Waals surface area contributed by atoms with Crippen LogP contribution in [0.15, 0.2) is 6.33 Å². The van der Waals surface area contributed by atoms with Gasteiger partial charge in [-0.3, -0.25) is 0 Å². The van der Waals surface area contributed by atoms with E-state index in [1.807, 2.05) is 0 Å². The zero-order valence-electron chi connectivity index (χ0n) is 4.99. The summed E-state index contributed by atoms with van der Waals surface area (Å²) >= 11 is 0. The monoisotopic (exact) mass is 126 g/mol. The van der Waals surface area contributed by atoms with E-state index in [2.05, 4.69) is 16.4 Å². The minimum absolute atomic E-state index is 0.188. The number of aliphatic hydroxyl groups excluding tert-OH is 1. The summed E-state index contributed by atoms with van der Waals surface area (Å²) < 4.78 is 1.57. The molecule has 49 valence electrons. The topological polar surface area (TPSA) is 50.9 Å². The van der Waals surface area contributed by atoms with E-state index >= 15 is 0 Å². The second kappa shape index (κ2) is 3.19. The first-order chi connectivity index (χ1) is 4.43. The predicted molar refractivity (Wildman–Crippen MR) is 30.6 cm³/mol. The quantitative estimate of drug-likeness (QED) is 0.591. The molecule has 0 aromatic carbocycles. The molecule has 1 radical (unpaired) electrons. The van der Waals surface area contributed by atoms with Gasteiger partial charge in [-0.1, -0.05) is 0 Å². The smallest absolute Gasteiger partial charge is 0.195 e. The maximum Gasteiger partial charge on any atom is 0.195 e. The van der Waals surface area contributed by atoms with Crippen LogP contribution in [0.4, 0.5) is 0 Å². The van der Waals surface area contributed by atoms with Gasteiger partial charge < -0.3 is 5.11 Å². The molecule has 0 saturated carbocycles. The maximum atomic E-state index is 8.39. The SMILES string of the molecule is OCCCn1[c]ncn1. The zero-order chi connectivity index (χ0) is 6.53. The third-order valence-corrected chi connectivity index (χ3v) is 0.950. The molecule has 1 rings (SSSR count). The number of nitrogens with zero attached hydrogens (tertiary/aromatic N) is 3. The Balaban J connectivity index is 2.30. The van der Waals surface area contributed by atoms with Crippen LogP contribution in [-0.4, -0.2) is 26.5 Å². The Morgan fingerprint density at radius 3 is 3.11 bits per heavy atom. The van der Waals surface area contributed by atoms with Crippen LogP contribution >= 0.6 is 0 Å². The van der Waals surface area contributed by atoms with Gasteiger partial charge in [0.05, 0.1) is 0 Å². The van der Waals surface area contributed by atoms with Gasteiger partial charge >= 0.3 is 0 Å². The average molecular weight is 126 g/mol. The molecule has 1 N–H and O–H groups in total. The van der Waals surface area contributed by atoms with Crippen LogP contribution in [0.3, 0.4) is 0 Å². The van der Waals surface area contributed by atoms with Gasteiger partial charge in [-0.05, 0) is 6.42 Å². The molecule has 4 heteroatoms. The summed E-state index contributed by atoms with van der Waals surface area (Å²) in [7, 11) is 0. The molecule has 0 saturated heterocycles. The summed E-state index contributed by atoms with van der Waals surface area (Å²) in [5.41, 5.74) is 0. The van der Waals surface area contributed by atoms with Crippen molar-refractivity contribution in [3.8, 4) is 0 Å². The molecule has 1 heterocycles. The average Bonchev–Trinajstić information content (AvgIpc) is 2.34. The molecule has 0 aliphatic heterocycles. The number of aromatic nitrogens is 3. The van der Waals surface area contributed by atoms with Gasteiger partial charge in [0, 0.05) is 13.2 Å². The van der Waals surface area contributed by atoms with E-state index in [9.17, 15) is 0 Å².